The molecule has 3 rings (SSSR count). The molecule has 1 atom stereocenters. The molecule has 3 aromatic rings. The van der Waals surface area contributed by atoms with Crippen LogP contribution in [-0.2, 0) is 22.6 Å². The van der Waals surface area contributed by atoms with Crippen molar-refractivity contribution in [2.45, 2.75) is 59.2 Å². The van der Waals surface area contributed by atoms with Gasteiger partial charge in [0.2, 0.25) is 5.91 Å². The van der Waals surface area contributed by atoms with Crippen molar-refractivity contribution < 1.29 is 14.3 Å². The fraction of sp³-hybridized carbons (Fsp3) is 0.333. The Morgan fingerprint density at radius 1 is 0.944 bits per heavy atom. The molecule has 3 aromatic carbocycles. The van der Waals surface area contributed by atoms with Gasteiger partial charge in [-0.3, -0.25) is 9.59 Å². The highest BCUT2D eigenvalue weighted by Gasteiger charge is 2.32. The molecular weight excluding hydrogens is 516 g/mol. The van der Waals surface area contributed by atoms with Crippen molar-refractivity contribution in [3.8, 4) is 5.75 Å². The molecule has 6 heteroatoms. The summed E-state index contributed by atoms with van der Waals surface area (Å²) in [5.41, 5.74) is 3.66. The second-order valence-electron chi connectivity index (χ2n) is 10.2. The first-order valence-electron chi connectivity index (χ1n) is 12.1. The van der Waals surface area contributed by atoms with Crippen molar-refractivity contribution in [3.05, 3.63) is 99.5 Å². The van der Waals surface area contributed by atoms with E-state index in [0.717, 1.165) is 26.7 Å². The Balaban J connectivity index is 1.92. The molecule has 36 heavy (non-hydrogen) atoms. The van der Waals surface area contributed by atoms with Crippen LogP contribution in [0.5, 0.6) is 5.75 Å². The number of benzene rings is 3. The number of hydrogen-bond donors (Lipinski definition) is 1. The highest BCUT2D eigenvalue weighted by Crippen LogP contribution is 2.22. The van der Waals surface area contributed by atoms with E-state index in [9.17, 15) is 9.59 Å². The van der Waals surface area contributed by atoms with Crippen LogP contribution in [0.4, 0.5) is 0 Å². The summed E-state index contributed by atoms with van der Waals surface area (Å²) in [7, 11) is 0. The maximum absolute atomic E-state index is 13.7. The number of hydrogen-bond acceptors (Lipinski definition) is 3. The molecule has 2 amide bonds. The number of nitrogens with one attached hydrogen (secondary N) is 1. The Bertz CT molecular complexity index is 1170. The molecule has 0 bridgehead atoms. The summed E-state index contributed by atoms with van der Waals surface area (Å²) in [6.07, 6.45) is 0.401. The van der Waals surface area contributed by atoms with Crippen molar-refractivity contribution in [2.24, 2.45) is 0 Å². The lowest BCUT2D eigenvalue weighted by atomic mass is 10.0. The van der Waals surface area contributed by atoms with Crippen LogP contribution < -0.4 is 10.1 Å². The third-order valence-electron chi connectivity index (χ3n) is 5.73. The van der Waals surface area contributed by atoms with Gasteiger partial charge in [-0.05, 0) is 69.5 Å². The van der Waals surface area contributed by atoms with E-state index in [2.05, 4.69) is 21.2 Å². The molecule has 0 aliphatic carbocycles. The number of carbonyl (C=O) groups is 2. The molecule has 0 saturated heterocycles. The molecule has 0 aromatic heterocycles. The molecule has 1 N–H and O–H groups in total. The van der Waals surface area contributed by atoms with Crippen molar-refractivity contribution in [1.82, 2.24) is 10.2 Å². The van der Waals surface area contributed by atoms with Gasteiger partial charge in [-0.15, -0.1) is 0 Å². The van der Waals surface area contributed by atoms with Crippen LogP contribution in [0.15, 0.2) is 77.3 Å². The van der Waals surface area contributed by atoms with Crippen LogP contribution >= 0.6 is 15.9 Å². The number of carbonyl (C=O) groups excluding carboxylic acids is 2. The largest absolute Gasteiger partial charge is 0.484 e. The zero-order valence-corrected chi connectivity index (χ0v) is 23.3. The minimum Gasteiger partial charge on any atom is -0.484 e. The van der Waals surface area contributed by atoms with Gasteiger partial charge < -0.3 is 15.0 Å². The number of nitrogens with zero attached hydrogens (tertiary/aromatic N) is 1. The summed E-state index contributed by atoms with van der Waals surface area (Å²) in [6.45, 7) is 9.95. The van der Waals surface area contributed by atoms with E-state index in [0.29, 0.717) is 18.7 Å². The van der Waals surface area contributed by atoms with Crippen LogP contribution in [0.25, 0.3) is 0 Å². The van der Waals surface area contributed by atoms with Crippen molar-refractivity contribution >= 4 is 27.7 Å². The quantitative estimate of drug-likeness (QED) is 0.355. The maximum atomic E-state index is 13.7. The van der Waals surface area contributed by atoms with Crippen LogP contribution in [0.3, 0.4) is 0 Å². The average molecular weight is 552 g/mol. The number of amides is 2. The first-order chi connectivity index (χ1) is 17.0. The maximum Gasteiger partial charge on any atom is 0.261 e. The van der Waals surface area contributed by atoms with Crippen molar-refractivity contribution in [2.75, 3.05) is 6.61 Å². The zero-order chi connectivity index (χ0) is 26.3. The Morgan fingerprint density at radius 2 is 1.61 bits per heavy atom. The lowest BCUT2D eigenvalue weighted by molar-refractivity contribution is -0.143. The Hall–Kier alpha value is -3.12. The number of ether oxygens (including phenoxy) is 1. The lowest BCUT2D eigenvalue weighted by Crippen LogP contribution is -2.55. The molecule has 0 saturated carbocycles. The van der Waals surface area contributed by atoms with E-state index < -0.39 is 11.6 Å². The summed E-state index contributed by atoms with van der Waals surface area (Å²) in [4.78, 5) is 28.9. The number of halogens is 1. The SMILES string of the molecule is Cc1ccc(CN(C(=O)COc2ccc(Br)c(C)c2)[C@H](Cc2ccccc2)C(=O)NC(C)(C)C)cc1. The monoisotopic (exact) mass is 550 g/mol. The fourth-order valence-corrected chi connectivity index (χ4v) is 4.08. The van der Waals surface area contributed by atoms with Crippen LogP contribution in [0.1, 0.15) is 43.0 Å². The summed E-state index contributed by atoms with van der Waals surface area (Å²) in [5.74, 6) is 0.172. The summed E-state index contributed by atoms with van der Waals surface area (Å²) in [6, 6.07) is 22.7. The third kappa shape index (κ3) is 8.23. The summed E-state index contributed by atoms with van der Waals surface area (Å²) >= 11 is 3.49. The van der Waals surface area contributed by atoms with Gasteiger partial charge in [0.05, 0.1) is 0 Å². The van der Waals surface area contributed by atoms with Gasteiger partial charge in [0.25, 0.3) is 5.91 Å². The van der Waals surface area contributed by atoms with E-state index in [1.807, 2.05) is 107 Å². The average Bonchev–Trinajstić information content (AvgIpc) is 2.82. The van der Waals surface area contributed by atoms with Gasteiger partial charge in [-0.1, -0.05) is 76.1 Å². The number of aryl methyl sites for hydroxylation is 2. The van der Waals surface area contributed by atoms with E-state index in [4.69, 9.17) is 4.74 Å². The highest BCUT2D eigenvalue weighted by molar-refractivity contribution is 9.10. The van der Waals surface area contributed by atoms with Crippen LogP contribution in [-0.4, -0.2) is 34.9 Å². The van der Waals surface area contributed by atoms with Crippen LogP contribution in [0, 0.1) is 13.8 Å². The van der Waals surface area contributed by atoms with Gasteiger partial charge in [0.1, 0.15) is 11.8 Å². The normalized spacial score (nSPS) is 12.1. The van der Waals surface area contributed by atoms with Crippen molar-refractivity contribution in [3.63, 3.8) is 0 Å². The smallest absolute Gasteiger partial charge is 0.261 e. The van der Waals surface area contributed by atoms with E-state index in [1.54, 1.807) is 4.90 Å². The molecule has 0 heterocycles. The van der Waals surface area contributed by atoms with Gasteiger partial charge in [-0.25, -0.2) is 0 Å². The molecular formula is C30H35BrN2O3. The van der Waals surface area contributed by atoms with Gasteiger partial charge in [-0.2, -0.15) is 0 Å². The zero-order valence-electron chi connectivity index (χ0n) is 21.7. The predicted octanol–water partition coefficient (Wildman–Crippen LogP) is 6.00. The number of rotatable bonds is 9. The Morgan fingerprint density at radius 3 is 2.22 bits per heavy atom. The second kappa shape index (κ2) is 12.2. The van der Waals surface area contributed by atoms with Gasteiger partial charge in [0, 0.05) is 23.0 Å². The molecule has 5 nitrogen and oxygen atoms in total. The molecule has 0 spiro atoms. The highest BCUT2D eigenvalue weighted by atomic mass is 79.9. The molecule has 190 valence electrons. The van der Waals surface area contributed by atoms with Crippen LogP contribution in [0.2, 0.25) is 0 Å². The molecule has 0 radical (unpaired) electrons. The summed E-state index contributed by atoms with van der Waals surface area (Å²) < 4.78 is 6.85. The second-order valence-corrected chi connectivity index (χ2v) is 11.0. The topological polar surface area (TPSA) is 58.6 Å². The van der Waals surface area contributed by atoms with Crippen molar-refractivity contribution in [1.29, 1.82) is 0 Å². The molecule has 0 aliphatic rings. The minimum atomic E-state index is -0.698. The van der Waals surface area contributed by atoms with E-state index in [-0.39, 0.29) is 18.4 Å². The fourth-order valence-electron chi connectivity index (χ4n) is 3.83. The summed E-state index contributed by atoms with van der Waals surface area (Å²) in [5, 5.41) is 3.08. The van der Waals surface area contributed by atoms with E-state index >= 15 is 0 Å². The standard InChI is InChI=1S/C30H35BrN2O3/c1-21-11-13-24(14-12-21)19-33(28(34)20-36-25-15-16-26(31)22(2)17-25)27(29(35)32-30(3,4)5)18-23-9-7-6-8-10-23/h6-17,27H,18-20H2,1-5H3,(H,32,35)/t27-/m1/s1. The molecule has 0 aliphatic heterocycles. The first-order valence-corrected chi connectivity index (χ1v) is 12.9. The van der Waals surface area contributed by atoms with Gasteiger partial charge in [0.15, 0.2) is 6.61 Å². The molecule has 0 fully saturated rings. The lowest BCUT2D eigenvalue weighted by Gasteiger charge is -2.33. The Kier molecular flexibility index (Phi) is 9.32. The Labute approximate surface area is 223 Å². The minimum absolute atomic E-state index is 0.166. The third-order valence-corrected chi connectivity index (χ3v) is 6.62. The predicted molar refractivity (Wildman–Crippen MR) is 148 cm³/mol. The first kappa shape index (κ1) is 27.5. The molecule has 0 unspecified atom stereocenters. The van der Waals surface area contributed by atoms with Gasteiger partial charge >= 0.3 is 0 Å². The van der Waals surface area contributed by atoms with E-state index in [1.165, 1.54) is 0 Å².